The van der Waals surface area contributed by atoms with E-state index in [-0.39, 0.29) is 11.8 Å². The SMILES string of the molecule is FC(F)(F)Oc1ccc(-c2cnc(N[C@@H]3CCCC[C@H]3C[C@H]3CCCN(c4ncc(C(F)(F)F)cn4)C3)o2)cc1. The van der Waals surface area contributed by atoms with E-state index in [4.69, 9.17) is 4.42 Å². The molecule has 13 heteroatoms. The van der Waals surface area contributed by atoms with Gasteiger partial charge in [-0.25, -0.2) is 15.0 Å². The van der Waals surface area contributed by atoms with Gasteiger partial charge in [-0.1, -0.05) is 12.8 Å². The first-order valence-corrected chi connectivity index (χ1v) is 13.3. The summed E-state index contributed by atoms with van der Waals surface area (Å²) in [4.78, 5) is 14.2. The minimum atomic E-state index is -4.76. The van der Waals surface area contributed by atoms with Crippen LogP contribution >= 0.6 is 0 Å². The molecule has 0 amide bonds. The largest absolute Gasteiger partial charge is 0.573 e. The third-order valence-corrected chi connectivity index (χ3v) is 7.50. The van der Waals surface area contributed by atoms with E-state index < -0.39 is 18.1 Å². The third-order valence-electron chi connectivity index (χ3n) is 7.50. The van der Waals surface area contributed by atoms with Crippen molar-refractivity contribution in [2.24, 2.45) is 11.8 Å². The maximum atomic E-state index is 12.9. The molecule has 1 aliphatic carbocycles. The van der Waals surface area contributed by atoms with Gasteiger partial charge in [0.25, 0.3) is 6.01 Å². The molecule has 1 aliphatic heterocycles. The van der Waals surface area contributed by atoms with Crippen LogP contribution in [-0.4, -0.2) is 40.4 Å². The summed E-state index contributed by atoms with van der Waals surface area (Å²) in [7, 11) is 0. The molecule has 3 aromatic rings. The van der Waals surface area contributed by atoms with Crippen molar-refractivity contribution < 1.29 is 35.5 Å². The number of nitrogens with one attached hydrogen (secondary N) is 1. The second-order valence-corrected chi connectivity index (χ2v) is 10.4. The van der Waals surface area contributed by atoms with Gasteiger partial charge in [-0.15, -0.1) is 13.2 Å². The highest BCUT2D eigenvalue weighted by Gasteiger charge is 2.34. The fourth-order valence-corrected chi connectivity index (χ4v) is 5.63. The van der Waals surface area contributed by atoms with Crippen molar-refractivity contribution in [3.05, 3.63) is 48.4 Å². The predicted molar refractivity (Wildman–Crippen MR) is 135 cm³/mol. The topological polar surface area (TPSA) is 76.3 Å². The number of aromatic nitrogens is 3. The number of oxazole rings is 1. The van der Waals surface area contributed by atoms with Crippen LogP contribution < -0.4 is 15.0 Å². The van der Waals surface area contributed by atoms with Crippen LogP contribution in [0.5, 0.6) is 5.75 Å². The molecule has 1 saturated heterocycles. The Bertz CT molecular complexity index is 1250. The molecular weight excluding hydrogens is 540 g/mol. The average Bonchev–Trinajstić information content (AvgIpc) is 3.38. The lowest BCUT2D eigenvalue weighted by molar-refractivity contribution is -0.274. The van der Waals surface area contributed by atoms with Gasteiger partial charge in [-0.2, -0.15) is 13.2 Å². The van der Waals surface area contributed by atoms with Crippen molar-refractivity contribution in [2.45, 2.75) is 63.5 Å². The zero-order chi connectivity index (χ0) is 28.3. The second kappa shape index (κ2) is 11.5. The molecule has 1 N–H and O–H groups in total. The first-order chi connectivity index (χ1) is 19.0. The van der Waals surface area contributed by atoms with E-state index in [0.29, 0.717) is 48.2 Å². The number of rotatable bonds is 7. The minimum Gasteiger partial charge on any atom is -0.424 e. The number of ether oxygens (including phenoxy) is 1. The van der Waals surface area contributed by atoms with Gasteiger partial charge in [0.2, 0.25) is 5.95 Å². The normalized spacial score (nSPS) is 22.2. The zero-order valence-corrected chi connectivity index (χ0v) is 21.5. The van der Waals surface area contributed by atoms with Gasteiger partial charge < -0.3 is 19.4 Å². The summed E-state index contributed by atoms with van der Waals surface area (Å²) in [6.07, 6.45) is 1.04. The average molecular weight is 570 g/mol. The van der Waals surface area contributed by atoms with Crippen LogP contribution in [0.3, 0.4) is 0 Å². The summed E-state index contributed by atoms with van der Waals surface area (Å²) in [5.74, 6) is 1.14. The quantitative estimate of drug-likeness (QED) is 0.299. The maximum Gasteiger partial charge on any atom is 0.573 e. The molecule has 3 atom stereocenters. The fraction of sp³-hybridized carbons (Fsp3) is 0.519. The van der Waals surface area contributed by atoms with Crippen LogP contribution in [0.15, 0.2) is 47.3 Å². The highest BCUT2D eigenvalue weighted by molar-refractivity contribution is 5.58. The highest BCUT2D eigenvalue weighted by Crippen LogP contribution is 2.36. The fourth-order valence-electron chi connectivity index (χ4n) is 5.63. The standard InChI is InChI=1S/C27H29F6N5O2/c28-26(29,30)20-13-34-24(35-14-20)38-11-3-4-17(16-38)12-19-5-1-2-6-22(19)37-25-36-15-23(39-25)18-7-9-21(10-8-18)40-27(31,32)33/h7-10,13-15,17,19,22H,1-6,11-12,16H2,(H,36,37)/t17-,19+,22-/m1/s1. The van der Waals surface area contributed by atoms with E-state index >= 15 is 0 Å². The van der Waals surface area contributed by atoms with Crippen molar-refractivity contribution in [1.82, 2.24) is 15.0 Å². The number of nitrogens with zero attached hydrogens (tertiary/aromatic N) is 4. The van der Waals surface area contributed by atoms with Crippen molar-refractivity contribution >= 4 is 12.0 Å². The minimum absolute atomic E-state index is 0.139. The molecule has 0 spiro atoms. The van der Waals surface area contributed by atoms with Crippen LogP contribution in [0.25, 0.3) is 11.3 Å². The first-order valence-electron chi connectivity index (χ1n) is 13.3. The lowest BCUT2D eigenvalue weighted by atomic mass is 9.77. The molecule has 0 unspecified atom stereocenters. The van der Waals surface area contributed by atoms with E-state index in [1.165, 1.54) is 30.5 Å². The summed E-state index contributed by atoms with van der Waals surface area (Å²) >= 11 is 0. The van der Waals surface area contributed by atoms with Crippen molar-refractivity contribution in [3.8, 4) is 17.1 Å². The number of anilines is 2. The van der Waals surface area contributed by atoms with Crippen LogP contribution in [0.2, 0.25) is 0 Å². The first kappa shape index (κ1) is 28.0. The molecule has 0 bridgehead atoms. The highest BCUT2D eigenvalue weighted by atomic mass is 19.4. The van der Waals surface area contributed by atoms with Gasteiger partial charge in [0, 0.05) is 37.1 Å². The van der Waals surface area contributed by atoms with Crippen molar-refractivity contribution in [3.63, 3.8) is 0 Å². The Kier molecular flexibility index (Phi) is 8.09. The Hall–Kier alpha value is -3.51. The van der Waals surface area contributed by atoms with Crippen LogP contribution in [0.4, 0.5) is 38.3 Å². The number of halogens is 6. The summed E-state index contributed by atoms with van der Waals surface area (Å²) in [6.45, 7) is 1.39. The third kappa shape index (κ3) is 7.16. The number of hydrogen-bond acceptors (Lipinski definition) is 7. The van der Waals surface area contributed by atoms with E-state index in [1.807, 2.05) is 4.90 Å². The van der Waals surface area contributed by atoms with Gasteiger partial charge >= 0.3 is 12.5 Å². The Morgan fingerprint density at radius 2 is 1.62 bits per heavy atom. The number of hydrogen-bond donors (Lipinski definition) is 1. The van der Waals surface area contributed by atoms with Crippen LogP contribution in [0, 0.1) is 11.8 Å². The molecule has 0 radical (unpaired) electrons. The van der Waals surface area contributed by atoms with Gasteiger partial charge in [0.15, 0.2) is 5.76 Å². The van der Waals surface area contributed by atoms with E-state index in [0.717, 1.165) is 57.3 Å². The molecule has 2 fully saturated rings. The van der Waals surface area contributed by atoms with Crippen LogP contribution in [-0.2, 0) is 6.18 Å². The Labute approximate surface area is 227 Å². The second-order valence-electron chi connectivity index (χ2n) is 10.4. The van der Waals surface area contributed by atoms with E-state index in [9.17, 15) is 26.3 Å². The number of alkyl halides is 6. The molecule has 1 saturated carbocycles. The van der Waals surface area contributed by atoms with Gasteiger partial charge in [-0.05, 0) is 68.2 Å². The van der Waals surface area contributed by atoms with Gasteiger partial charge in [0.05, 0.1) is 11.8 Å². The summed E-state index contributed by atoms with van der Waals surface area (Å²) in [5.41, 5.74) is -0.286. The monoisotopic (exact) mass is 569 g/mol. The Balaban J connectivity index is 1.19. The lowest BCUT2D eigenvalue weighted by Crippen LogP contribution is -2.40. The van der Waals surface area contributed by atoms with Crippen molar-refractivity contribution in [1.29, 1.82) is 0 Å². The smallest absolute Gasteiger partial charge is 0.424 e. The summed E-state index contributed by atoms with van der Waals surface area (Å²) in [5, 5.41) is 3.42. The van der Waals surface area contributed by atoms with E-state index in [1.54, 1.807) is 0 Å². The molecule has 5 rings (SSSR count). The Morgan fingerprint density at radius 3 is 2.33 bits per heavy atom. The number of piperidine rings is 1. The molecule has 40 heavy (non-hydrogen) atoms. The molecule has 216 valence electrons. The van der Waals surface area contributed by atoms with Crippen LogP contribution in [0.1, 0.15) is 50.5 Å². The molecule has 7 nitrogen and oxygen atoms in total. The van der Waals surface area contributed by atoms with E-state index in [2.05, 4.69) is 25.0 Å². The zero-order valence-electron chi connectivity index (χ0n) is 21.5. The number of benzene rings is 1. The molecule has 2 aromatic heterocycles. The summed E-state index contributed by atoms with van der Waals surface area (Å²) < 4.78 is 85.7. The lowest BCUT2D eigenvalue weighted by Gasteiger charge is -2.38. The maximum absolute atomic E-state index is 12.9. The van der Waals surface area contributed by atoms with Gasteiger partial charge in [-0.3, -0.25) is 0 Å². The predicted octanol–water partition coefficient (Wildman–Crippen LogP) is 7.33. The van der Waals surface area contributed by atoms with Crippen molar-refractivity contribution in [2.75, 3.05) is 23.3 Å². The Morgan fingerprint density at radius 1 is 0.900 bits per heavy atom. The van der Waals surface area contributed by atoms with Gasteiger partial charge in [0.1, 0.15) is 5.75 Å². The summed E-state index contributed by atoms with van der Waals surface area (Å²) in [6, 6.07) is 5.89. The molecular formula is C27H29F6N5O2. The molecule has 2 aliphatic rings. The molecule has 1 aromatic carbocycles. The molecule has 3 heterocycles.